The average Bonchev–Trinajstić information content (AvgIpc) is 3.28. The Morgan fingerprint density at radius 1 is 1.16 bits per heavy atom. The molecule has 130 valence electrons. The molecule has 0 spiro atoms. The van der Waals surface area contributed by atoms with Crippen LogP contribution in [0, 0.1) is 12.8 Å². The minimum atomic E-state index is 0.637. The molecular weight excluding hydrogens is 332 g/mol. The highest BCUT2D eigenvalue weighted by atomic mass is 32.1. The lowest BCUT2D eigenvalue weighted by Crippen LogP contribution is -2.35. The molecule has 7 heteroatoms. The Bertz CT molecular complexity index is 795. The van der Waals surface area contributed by atoms with Crippen LogP contribution in [-0.4, -0.2) is 42.9 Å². The summed E-state index contributed by atoms with van der Waals surface area (Å²) < 4.78 is 0. The van der Waals surface area contributed by atoms with Gasteiger partial charge in [-0.25, -0.2) is 15.0 Å². The van der Waals surface area contributed by atoms with E-state index in [0.717, 1.165) is 49.0 Å². The maximum atomic E-state index is 4.61. The summed E-state index contributed by atoms with van der Waals surface area (Å²) in [7, 11) is 0. The number of likely N-dealkylation sites (tertiary alicyclic amines) is 1. The summed E-state index contributed by atoms with van der Waals surface area (Å²) in [5, 5.41) is 2.14. The SMILES string of the molecule is Cc1cnc(-c2cnc(C[C@@H]3CCCN(Cc4cscn4)C3)cn2)[nH]1. The Labute approximate surface area is 151 Å². The molecule has 0 amide bonds. The number of nitrogens with zero attached hydrogens (tertiary/aromatic N) is 5. The van der Waals surface area contributed by atoms with E-state index in [4.69, 9.17) is 0 Å². The third-order valence-corrected chi connectivity index (χ3v) is 5.26. The van der Waals surface area contributed by atoms with Crippen molar-refractivity contribution in [2.24, 2.45) is 5.92 Å². The molecule has 1 aliphatic rings. The predicted molar refractivity (Wildman–Crippen MR) is 98.2 cm³/mol. The van der Waals surface area contributed by atoms with Crippen molar-refractivity contribution in [3.05, 3.63) is 46.6 Å². The minimum Gasteiger partial charge on any atom is -0.341 e. The maximum absolute atomic E-state index is 4.61. The number of hydrogen-bond donors (Lipinski definition) is 1. The topological polar surface area (TPSA) is 70.6 Å². The minimum absolute atomic E-state index is 0.637. The Kier molecular flexibility index (Phi) is 4.85. The lowest BCUT2D eigenvalue weighted by Gasteiger charge is -2.32. The molecule has 4 rings (SSSR count). The molecule has 3 aromatic heterocycles. The number of aromatic nitrogens is 5. The molecule has 0 saturated carbocycles. The summed E-state index contributed by atoms with van der Waals surface area (Å²) >= 11 is 1.67. The van der Waals surface area contributed by atoms with Gasteiger partial charge in [0.1, 0.15) is 5.69 Å². The first-order valence-electron chi connectivity index (χ1n) is 8.68. The third kappa shape index (κ3) is 4.11. The van der Waals surface area contributed by atoms with Gasteiger partial charge in [-0.3, -0.25) is 9.88 Å². The van der Waals surface area contributed by atoms with Crippen LogP contribution in [0.2, 0.25) is 0 Å². The maximum Gasteiger partial charge on any atom is 0.157 e. The van der Waals surface area contributed by atoms with E-state index in [1.165, 1.54) is 18.5 Å². The van der Waals surface area contributed by atoms with Crippen LogP contribution in [0.15, 0.2) is 29.5 Å². The van der Waals surface area contributed by atoms with Crippen LogP contribution in [0.5, 0.6) is 0 Å². The van der Waals surface area contributed by atoms with Crippen molar-refractivity contribution >= 4 is 11.3 Å². The first-order chi connectivity index (χ1) is 12.3. The van der Waals surface area contributed by atoms with Crippen LogP contribution in [0.1, 0.15) is 29.9 Å². The summed E-state index contributed by atoms with van der Waals surface area (Å²) in [4.78, 5) is 23.6. The molecule has 1 fully saturated rings. The fourth-order valence-electron chi connectivity index (χ4n) is 3.43. The van der Waals surface area contributed by atoms with Crippen LogP contribution in [0.3, 0.4) is 0 Å². The lowest BCUT2D eigenvalue weighted by molar-refractivity contribution is 0.165. The normalized spacial score (nSPS) is 18.5. The van der Waals surface area contributed by atoms with Gasteiger partial charge in [0.15, 0.2) is 5.82 Å². The number of nitrogens with one attached hydrogen (secondary N) is 1. The van der Waals surface area contributed by atoms with Gasteiger partial charge in [0.05, 0.1) is 23.1 Å². The molecule has 0 aromatic carbocycles. The van der Waals surface area contributed by atoms with E-state index in [-0.39, 0.29) is 0 Å². The molecule has 1 aliphatic heterocycles. The van der Waals surface area contributed by atoms with Crippen molar-refractivity contribution in [3.8, 4) is 11.5 Å². The second-order valence-corrected chi connectivity index (χ2v) is 7.45. The van der Waals surface area contributed by atoms with Crippen molar-refractivity contribution < 1.29 is 0 Å². The first-order valence-corrected chi connectivity index (χ1v) is 9.63. The fourth-order valence-corrected chi connectivity index (χ4v) is 3.98. The van der Waals surface area contributed by atoms with Crippen LogP contribution >= 0.6 is 11.3 Å². The molecule has 0 aliphatic carbocycles. The summed E-state index contributed by atoms with van der Waals surface area (Å²) in [6.45, 7) is 5.22. The number of hydrogen-bond acceptors (Lipinski definition) is 6. The molecular formula is C18H22N6S. The van der Waals surface area contributed by atoms with Crippen LogP contribution < -0.4 is 0 Å². The fraction of sp³-hybridized carbons (Fsp3) is 0.444. The Morgan fingerprint density at radius 2 is 2.12 bits per heavy atom. The first kappa shape index (κ1) is 16.4. The Morgan fingerprint density at radius 3 is 2.84 bits per heavy atom. The second-order valence-electron chi connectivity index (χ2n) is 6.74. The van der Waals surface area contributed by atoms with Crippen molar-refractivity contribution in [2.75, 3.05) is 13.1 Å². The molecule has 0 bridgehead atoms. The number of aromatic amines is 1. The van der Waals surface area contributed by atoms with E-state index in [1.54, 1.807) is 11.3 Å². The highest BCUT2D eigenvalue weighted by Crippen LogP contribution is 2.22. The quantitative estimate of drug-likeness (QED) is 0.762. The molecule has 4 heterocycles. The summed E-state index contributed by atoms with van der Waals surface area (Å²) in [6.07, 6.45) is 9.01. The van der Waals surface area contributed by atoms with Gasteiger partial charge >= 0.3 is 0 Å². The Balaban J connectivity index is 1.36. The zero-order chi connectivity index (χ0) is 17.1. The van der Waals surface area contributed by atoms with Gasteiger partial charge < -0.3 is 4.98 Å². The van der Waals surface area contributed by atoms with Crippen molar-refractivity contribution in [1.29, 1.82) is 0 Å². The van der Waals surface area contributed by atoms with Gasteiger partial charge in [-0.1, -0.05) is 0 Å². The summed E-state index contributed by atoms with van der Waals surface area (Å²) in [5.41, 5.74) is 5.99. The van der Waals surface area contributed by atoms with Crippen LogP contribution in [-0.2, 0) is 13.0 Å². The molecule has 25 heavy (non-hydrogen) atoms. The van der Waals surface area contributed by atoms with Crippen LogP contribution in [0.25, 0.3) is 11.5 Å². The van der Waals surface area contributed by atoms with Gasteiger partial charge in [0.2, 0.25) is 0 Å². The molecule has 1 saturated heterocycles. The van der Waals surface area contributed by atoms with Gasteiger partial charge in [-0.15, -0.1) is 11.3 Å². The third-order valence-electron chi connectivity index (χ3n) is 4.62. The van der Waals surface area contributed by atoms with Crippen molar-refractivity contribution in [2.45, 2.75) is 32.7 Å². The predicted octanol–water partition coefficient (Wildman–Crippen LogP) is 3.09. The van der Waals surface area contributed by atoms with Crippen LogP contribution in [0.4, 0.5) is 0 Å². The number of rotatable bonds is 5. The Hall–Kier alpha value is -2.12. The van der Waals surface area contributed by atoms with E-state index in [0.29, 0.717) is 5.92 Å². The molecule has 1 N–H and O–H groups in total. The smallest absolute Gasteiger partial charge is 0.157 e. The monoisotopic (exact) mass is 354 g/mol. The number of piperidine rings is 1. The standard InChI is InChI=1S/C18H22N6S/c1-13-6-21-18(23-13)17-8-19-15(7-20-17)5-14-3-2-4-24(9-14)10-16-11-25-12-22-16/h6-8,11-12,14H,2-5,9-10H2,1H3,(H,21,23)/t14-/m0/s1. The summed E-state index contributed by atoms with van der Waals surface area (Å²) in [6, 6.07) is 0. The van der Waals surface area contributed by atoms with E-state index in [2.05, 4.69) is 35.2 Å². The molecule has 6 nitrogen and oxygen atoms in total. The largest absolute Gasteiger partial charge is 0.341 e. The van der Waals surface area contributed by atoms with Gasteiger partial charge in [-0.2, -0.15) is 0 Å². The molecule has 1 atom stereocenters. The lowest BCUT2D eigenvalue weighted by atomic mass is 9.93. The molecule has 3 aromatic rings. The average molecular weight is 354 g/mol. The van der Waals surface area contributed by atoms with E-state index in [9.17, 15) is 0 Å². The zero-order valence-corrected chi connectivity index (χ0v) is 15.2. The summed E-state index contributed by atoms with van der Waals surface area (Å²) in [5.74, 6) is 1.42. The molecule has 0 radical (unpaired) electrons. The van der Waals surface area contributed by atoms with Crippen molar-refractivity contribution in [1.82, 2.24) is 29.8 Å². The van der Waals surface area contributed by atoms with Gasteiger partial charge in [0.25, 0.3) is 0 Å². The highest BCUT2D eigenvalue weighted by molar-refractivity contribution is 7.07. The van der Waals surface area contributed by atoms with Gasteiger partial charge in [0, 0.05) is 36.6 Å². The van der Waals surface area contributed by atoms with E-state index >= 15 is 0 Å². The van der Waals surface area contributed by atoms with E-state index in [1.807, 2.05) is 31.0 Å². The number of thiazole rings is 1. The number of imidazole rings is 1. The number of H-pyrrole nitrogens is 1. The number of aryl methyl sites for hydroxylation is 1. The van der Waals surface area contributed by atoms with E-state index < -0.39 is 0 Å². The molecule has 0 unspecified atom stereocenters. The second kappa shape index (κ2) is 7.41. The highest BCUT2D eigenvalue weighted by Gasteiger charge is 2.21. The van der Waals surface area contributed by atoms with Crippen molar-refractivity contribution in [3.63, 3.8) is 0 Å². The van der Waals surface area contributed by atoms with Gasteiger partial charge in [-0.05, 0) is 38.6 Å². The zero-order valence-electron chi connectivity index (χ0n) is 14.4.